The summed E-state index contributed by atoms with van der Waals surface area (Å²) in [6, 6.07) is 4.11. The van der Waals surface area contributed by atoms with E-state index in [1.54, 1.807) is 0 Å². The van der Waals surface area contributed by atoms with E-state index < -0.39 is 0 Å². The van der Waals surface area contributed by atoms with Gasteiger partial charge in [-0.2, -0.15) is 0 Å². The highest BCUT2D eigenvalue weighted by atomic mass is 16.5. The Bertz CT molecular complexity index is 395. The quantitative estimate of drug-likeness (QED) is 0.802. The molecule has 20 heavy (non-hydrogen) atoms. The Hall–Kier alpha value is -0.970. The van der Waals surface area contributed by atoms with E-state index in [0.717, 1.165) is 26.3 Å². The van der Waals surface area contributed by atoms with Crippen LogP contribution >= 0.6 is 0 Å². The first-order valence-electron chi connectivity index (χ1n) is 7.76. The number of nitrogens with zero attached hydrogens (tertiary/aromatic N) is 2. The van der Waals surface area contributed by atoms with Crippen molar-refractivity contribution in [3.63, 3.8) is 0 Å². The van der Waals surface area contributed by atoms with Crippen LogP contribution in [-0.2, 0) is 11.3 Å². The third kappa shape index (κ3) is 3.57. The Morgan fingerprint density at radius 3 is 2.90 bits per heavy atom. The summed E-state index contributed by atoms with van der Waals surface area (Å²) >= 11 is 0. The Balaban J connectivity index is 1.25. The van der Waals surface area contributed by atoms with Crippen LogP contribution in [0.15, 0.2) is 24.5 Å². The van der Waals surface area contributed by atoms with E-state index in [0.29, 0.717) is 5.41 Å². The molecule has 2 aliphatic rings. The van der Waals surface area contributed by atoms with Crippen molar-refractivity contribution in [3.8, 4) is 0 Å². The number of hydrogen-bond donors (Lipinski definition) is 1. The highest BCUT2D eigenvalue weighted by molar-refractivity contribution is 5.07. The molecule has 0 saturated carbocycles. The summed E-state index contributed by atoms with van der Waals surface area (Å²) in [6.45, 7) is 7.76. The summed E-state index contributed by atoms with van der Waals surface area (Å²) in [5.41, 5.74) is 1.87. The predicted octanol–water partition coefficient (Wildman–Crippen LogP) is 1.67. The summed E-state index contributed by atoms with van der Waals surface area (Å²) < 4.78 is 5.46. The van der Waals surface area contributed by atoms with Crippen LogP contribution in [-0.4, -0.2) is 49.3 Å². The molecule has 2 aliphatic heterocycles. The smallest absolute Gasteiger partial charge is 0.0472 e. The minimum Gasteiger partial charge on any atom is -0.381 e. The van der Waals surface area contributed by atoms with Crippen molar-refractivity contribution in [1.29, 1.82) is 0 Å². The molecule has 0 unspecified atom stereocenters. The largest absolute Gasteiger partial charge is 0.381 e. The minimum atomic E-state index is 0.612. The fourth-order valence-corrected chi connectivity index (χ4v) is 3.34. The van der Waals surface area contributed by atoms with Gasteiger partial charge < -0.3 is 15.0 Å². The van der Waals surface area contributed by atoms with Crippen molar-refractivity contribution >= 4 is 0 Å². The monoisotopic (exact) mass is 275 g/mol. The van der Waals surface area contributed by atoms with Crippen molar-refractivity contribution in [2.24, 2.45) is 5.41 Å². The number of ether oxygens (including phenoxy) is 1. The molecule has 110 valence electrons. The topological polar surface area (TPSA) is 37.4 Å². The molecule has 0 aromatic carbocycles. The van der Waals surface area contributed by atoms with Gasteiger partial charge in [0, 0.05) is 50.7 Å². The molecule has 2 fully saturated rings. The van der Waals surface area contributed by atoms with Gasteiger partial charge in [-0.25, -0.2) is 0 Å². The van der Waals surface area contributed by atoms with Crippen LogP contribution < -0.4 is 5.32 Å². The molecule has 2 saturated heterocycles. The van der Waals surface area contributed by atoms with Crippen molar-refractivity contribution in [2.45, 2.75) is 25.8 Å². The maximum atomic E-state index is 5.46. The van der Waals surface area contributed by atoms with Crippen LogP contribution in [0.25, 0.3) is 0 Å². The van der Waals surface area contributed by atoms with Gasteiger partial charge in [0.2, 0.25) is 0 Å². The Labute approximate surface area is 121 Å². The molecular weight excluding hydrogens is 250 g/mol. The van der Waals surface area contributed by atoms with Gasteiger partial charge in [-0.3, -0.25) is 4.98 Å². The highest BCUT2D eigenvalue weighted by Crippen LogP contribution is 2.39. The van der Waals surface area contributed by atoms with Gasteiger partial charge in [0.15, 0.2) is 0 Å². The van der Waals surface area contributed by atoms with E-state index >= 15 is 0 Å². The van der Waals surface area contributed by atoms with Gasteiger partial charge >= 0.3 is 0 Å². The van der Waals surface area contributed by atoms with Gasteiger partial charge in [-0.1, -0.05) is 6.07 Å². The first kappa shape index (κ1) is 14.0. The van der Waals surface area contributed by atoms with Gasteiger partial charge in [0.1, 0.15) is 0 Å². The fraction of sp³-hybridized carbons (Fsp3) is 0.688. The molecule has 4 heteroatoms. The predicted molar refractivity (Wildman–Crippen MR) is 79.5 cm³/mol. The Morgan fingerprint density at radius 2 is 2.15 bits per heavy atom. The van der Waals surface area contributed by atoms with E-state index in [4.69, 9.17) is 4.74 Å². The van der Waals surface area contributed by atoms with Crippen LogP contribution in [0.3, 0.4) is 0 Å². The van der Waals surface area contributed by atoms with Crippen molar-refractivity contribution < 1.29 is 4.74 Å². The van der Waals surface area contributed by atoms with Crippen LogP contribution in [0.1, 0.15) is 24.8 Å². The number of rotatable bonds is 6. The van der Waals surface area contributed by atoms with Crippen molar-refractivity contribution in [1.82, 2.24) is 15.2 Å². The molecule has 1 aromatic heterocycles. The lowest BCUT2D eigenvalue weighted by molar-refractivity contribution is -0.0804. The Morgan fingerprint density at radius 1 is 1.30 bits per heavy atom. The normalized spacial score (nSPS) is 21.8. The molecule has 0 amide bonds. The van der Waals surface area contributed by atoms with Crippen LogP contribution in [0.2, 0.25) is 0 Å². The first-order chi connectivity index (χ1) is 9.86. The number of nitrogens with one attached hydrogen (secondary N) is 1. The molecule has 4 nitrogen and oxygen atoms in total. The molecule has 1 N–H and O–H groups in total. The molecule has 0 aliphatic carbocycles. The average Bonchev–Trinajstić information content (AvgIpc) is 2.47. The zero-order valence-electron chi connectivity index (χ0n) is 12.2. The van der Waals surface area contributed by atoms with E-state index in [9.17, 15) is 0 Å². The second kappa shape index (κ2) is 6.66. The molecule has 3 heterocycles. The maximum absolute atomic E-state index is 5.46. The summed E-state index contributed by atoms with van der Waals surface area (Å²) in [5, 5.41) is 3.49. The minimum absolute atomic E-state index is 0.612. The van der Waals surface area contributed by atoms with E-state index in [1.165, 1.54) is 44.5 Å². The van der Waals surface area contributed by atoms with Gasteiger partial charge in [0.05, 0.1) is 0 Å². The maximum Gasteiger partial charge on any atom is 0.0472 e. The van der Waals surface area contributed by atoms with E-state index in [-0.39, 0.29) is 0 Å². The summed E-state index contributed by atoms with van der Waals surface area (Å²) in [6.07, 6.45) is 7.51. The van der Waals surface area contributed by atoms with Gasteiger partial charge in [-0.05, 0) is 44.0 Å². The molecular formula is C16H25N3O. The van der Waals surface area contributed by atoms with Gasteiger partial charge in [-0.15, -0.1) is 0 Å². The van der Waals surface area contributed by atoms with Gasteiger partial charge in [0.25, 0.3) is 0 Å². The Kier molecular flexibility index (Phi) is 4.65. The fourth-order valence-electron chi connectivity index (χ4n) is 3.34. The lowest BCUT2D eigenvalue weighted by Crippen LogP contribution is -2.58. The third-order valence-electron chi connectivity index (χ3n) is 4.55. The van der Waals surface area contributed by atoms with Crippen LogP contribution in [0, 0.1) is 5.41 Å². The van der Waals surface area contributed by atoms with Crippen LogP contribution in [0.5, 0.6) is 0 Å². The lowest BCUT2D eigenvalue weighted by Gasteiger charge is -2.52. The number of pyridine rings is 1. The second-order valence-corrected chi connectivity index (χ2v) is 6.21. The SMILES string of the molecule is c1cncc(CNCCCN2CC3(CCOCC3)C2)c1. The summed E-state index contributed by atoms with van der Waals surface area (Å²) in [7, 11) is 0. The molecule has 0 atom stereocenters. The second-order valence-electron chi connectivity index (χ2n) is 6.21. The van der Waals surface area contributed by atoms with Crippen molar-refractivity contribution in [2.75, 3.05) is 39.4 Å². The first-order valence-corrected chi connectivity index (χ1v) is 7.76. The zero-order chi connectivity index (χ0) is 13.7. The van der Waals surface area contributed by atoms with E-state index in [1.807, 2.05) is 18.5 Å². The number of hydrogen-bond acceptors (Lipinski definition) is 4. The molecule has 0 radical (unpaired) electrons. The highest BCUT2D eigenvalue weighted by Gasteiger charge is 2.43. The van der Waals surface area contributed by atoms with E-state index in [2.05, 4.69) is 21.3 Å². The van der Waals surface area contributed by atoms with Crippen LogP contribution in [0.4, 0.5) is 0 Å². The molecule has 1 aromatic rings. The standard InChI is InChI=1S/C16H25N3O/c1-3-15(11-17-6-1)12-18-7-2-8-19-13-16(14-19)4-9-20-10-5-16/h1,3,6,11,18H,2,4-5,7-10,12-14H2. The summed E-state index contributed by atoms with van der Waals surface area (Å²) in [4.78, 5) is 6.72. The number of aromatic nitrogens is 1. The zero-order valence-corrected chi connectivity index (χ0v) is 12.2. The lowest BCUT2D eigenvalue weighted by atomic mass is 9.73. The number of likely N-dealkylation sites (tertiary alicyclic amines) is 1. The molecule has 3 rings (SSSR count). The third-order valence-corrected chi connectivity index (χ3v) is 4.55. The molecule has 0 bridgehead atoms. The summed E-state index contributed by atoms with van der Waals surface area (Å²) in [5.74, 6) is 0. The van der Waals surface area contributed by atoms with Crippen molar-refractivity contribution in [3.05, 3.63) is 30.1 Å². The molecule has 1 spiro atoms. The average molecular weight is 275 g/mol.